The van der Waals surface area contributed by atoms with Gasteiger partial charge in [0.05, 0.1) is 23.6 Å². The van der Waals surface area contributed by atoms with Crippen LogP contribution < -0.4 is 5.73 Å². The van der Waals surface area contributed by atoms with Crippen molar-refractivity contribution in [3.63, 3.8) is 0 Å². The lowest BCUT2D eigenvalue weighted by Crippen LogP contribution is -2.61. The number of primary amides is 1. The number of carbonyl (C=O) groups excluding carboxylic acids is 2. The van der Waals surface area contributed by atoms with Gasteiger partial charge in [0.25, 0.3) is 0 Å². The minimum atomic E-state index is -1.19. The molecule has 0 saturated carbocycles. The van der Waals surface area contributed by atoms with Crippen LogP contribution in [0.2, 0.25) is 0 Å². The molecule has 7 nitrogen and oxygen atoms in total. The third-order valence-corrected chi connectivity index (χ3v) is 5.10. The number of rotatable bonds is 4. The van der Waals surface area contributed by atoms with Crippen LogP contribution in [0.15, 0.2) is 17.1 Å². The van der Waals surface area contributed by atoms with Gasteiger partial charge in [-0.3, -0.25) is 9.59 Å². The first-order valence-electron chi connectivity index (χ1n) is 6.69. The molecule has 2 aliphatic heterocycles. The number of nitrogens with zero attached hydrogens (tertiary/aromatic N) is 1. The highest BCUT2D eigenvalue weighted by Gasteiger charge is 2.56. The third-order valence-electron chi connectivity index (χ3n) is 4.11. The van der Waals surface area contributed by atoms with E-state index in [1.807, 2.05) is 0 Å². The molecule has 0 spiro atoms. The molecule has 0 radical (unpaired) electrons. The molecular weight excluding hydrogens is 308 g/mol. The van der Waals surface area contributed by atoms with Crippen molar-refractivity contribution in [1.29, 1.82) is 0 Å². The second-order valence-electron chi connectivity index (χ2n) is 5.44. The molecule has 3 heterocycles. The Hall–Kier alpha value is -2.19. The molecule has 1 fully saturated rings. The fourth-order valence-corrected chi connectivity index (χ4v) is 4.07. The van der Waals surface area contributed by atoms with Crippen molar-refractivity contribution >= 4 is 34.7 Å². The van der Waals surface area contributed by atoms with Gasteiger partial charge in [0.1, 0.15) is 5.70 Å². The Morgan fingerprint density at radius 1 is 1.50 bits per heavy atom. The van der Waals surface area contributed by atoms with E-state index >= 15 is 0 Å². The first-order chi connectivity index (χ1) is 10.3. The van der Waals surface area contributed by atoms with E-state index in [4.69, 9.17) is 5.73 Å². The molecule has 116 valence electrons. The highest BCUT2D eigenvalue weighted by Crippen LogP contribution is 2.47. The van der Waals surface area contributed by atoms with E-state index in [2.05, 4.69) is 0 Å². The Morgan fingerprint density at radius 3 is 2.68 bits per heavy atom. The summed E-state index contributed by atoms with van der Waals surface area (Å²) in [5.41, 5.74) is 5.96. The maximum absolute atomic E-state index is 12.1. The molecule has 0 aliphatic carbocycles. The van der Waals surface area contributed by atoms with Gasteiger partial charge in [-0.15, -0.1) is 11.3 Å². The Labute approximate surface area is 129 Å². The van der Waals surface area contributed by atoms with Gasteiger partial charge in [0.15, 0.2) is 0 Å². The molecule has 1 aromatic rings. The molecule has 3 rings (SSSR count). The number of aliphatic hydroxyl groups excluding tert-OH is 1. The van der Waals surface area contributed by atoms with Crippen molar-refractivity contribution in [2.75, 3.05) is 0 Å². The fourth-order valence-electron chi connectivity index (χ4n) is 3.11. The number of nitrogens with two attached hydrogens (primary N) is 1. The zero-order valence-corrected chi connectivity index (χ0v) is 12.5. The number of carboxylic acids is 1. The van der Waals surface area contributed by atoms with Crippen molar-refractivity contribution < 1.29 is 24.6 Å². The van der Waals surface area contributed by atoms with Crippen LogP contribution in [0.3, 0.4) is 0 Å². The van der Waals surface area contributed by atoms with Gasteiger partial charge in [0, 0.05) is 15.8 Å². The summed E-state index contributed by atoms with van der Waals surface area (Å²) >= 11 is 1.22. The quantitative estimate of drug-likeness (QED) is 0.686. The van der Waals surface area contributed by atoms with Gasteiger partial charge in [-0.25, -0.2) is 4.79 Å². The van der Waals surface area contributed by atoms with Gasteiger partial charge in [-0.2, -0.15) is 0 Å². The summed E-state index contributed by atoms with van der Waals surface area (Å²) in [5, 5.41) is 20.7. The number of amides is 2. The molecule has 2 amide bonds. The van der Waals surface area contributed by atoms with E-state index in [0.29, 0.717) is 22.4 Å². The predicted molar refractivity (Wildman–Crippen MR) is 77.8 cm³/mol. The average Bonchev–Trinajstić information content (AvgIpc) is 2.99. The van der Waals surface area contributed by atoms with Gasteiger partial charge < -0.3 is 20.8 Å². The van der Waals surface area contributed by atoms with Crippen LogP contribution in [0, 0.1) is 5.92 Å². The summed E-state index contributed by atoms with van der Waals surface area (Å²) in [6, 6.07) is 1.20. The van der Waals surface area contributed by atoms with Gasteiger partial charge in [-0.05, 0) is 19.4 Å². The van der Waals surface area contributed by atoms with E-state index in [9.17, 15) is 24.6 Å². The van der Waals surface area contributed by atoms with E-state index in [1.165, 1.54) is 23.2 Å². The van der Waals surface area contributed by atoms with Crippen molar-refractivity contribution in [2.24, 2.45) is 11.7 Å². The maximum atomic E-state index is 12.1. The topological polar surface area (TPSA) is 121 Å². The number of β-lactam (4-membered cyclic amide) rings is 1. The Kier molecular flexibility index (Phi) is 3.30. The van der Waals surface area contributed by atoms with E-state index < -0.39 is 23.9 Å². The summed E-state index contributed by atoms with van der Waals surface area (Å²) < 4.78 is 0. The lowest BCUT2D eigenvalue weighted by Gasteiger charge is -2.44. The number of carbonyl (C=O) groups is 3. The van der Waals surface area contributed by atoms with Gasteiger partial charge >= 0.3 is 5.97 Å². The summed E-state index contributed by atoms with van der Waals surface area (Å²) in [4.78, 5) is 36.6. The molecule has 1 saturated heterocycles. The van der Waals surface area contributed by atoms with Crippen LogP contribution in [0.1, 0.15) is 28.6 Å². The standard InChI is InChI=1S/C14H14N2O5S/c1-5(17)10-8-3-7(9-2-6(4-22-9)12(15)18)11(14(20)21)16(8)13(10)19/h2,4-5,8,10,17H,3H2,1H3,(H2,15,18)(H,20,21)/t5-,8-,10-/m1/s1. The summed E-state index contributed by atoms with van der Waals surface area (Å²) in [5.74, 6) is -2.73. The smallest absolute Gasteiger partial charge is 0.352 e. The molecule has 22 heavy (non-hydrogen) atoms. The fraction of sp³-hybridized carbons (Fsp3) is 0.357. The van der Waals surface area contributed by atoms with Crippen LogP contribution in [-0.2, 0) is 9.59 Å². The molecule has 2 aliphatic rings. The molecule has 0 unspecified atom stereocenters. The van der Waals surface area contributed by atoms with E-state index in [0.717, 1.165) is 0 Å². The largest absolute Gasteiger partial charge is 0.477 e. The number of carboxylic acid groups (broad SMARTS) is 1. The predicted octanol–water partition coefficient (Wildman–Crippen LogP) is 0.254. The number of hydrogen-bond acceptors (Lipinski definition) is 5. The highest BCUT2D eigenvalue weighted by atomic mass is 32.1. The lowest BCUT2D eigenvalue weighted by molar-refractivity contribution is -0.161. The second-order valence-corrected chi connectivity index (χ2v) is 6.35. The average molecular weight is 322 g/mol. The maximum Gasteiger partial charge on any atom is 0.352 e. The highest BCUT2D eigenvalue weighted by molar-refractivity contribution is 7.11. The zero-order chi connectivity index (χ0) is 16.2. The van der Waals surface area contributed by atoms with Gasteiger partial charge in [0.2, 0.25) is 11.8 Å². The SMILES string of the molecule is C[C@@H](O)[C@H]1C(=O)N2C(C(=O)O)=C(c3cc(C(N)=O)cs3)C[C@H]12. The number of aliphatic hydroxyl groups is 1. The molecule has 1 aromatic heterocycles. The Balaban J connectivity index is 2.01. The van der Waals surface area contributed by atoms with E-state index in [-0.39, 0.29) is 17.6 Å². The normalized spacial score (nSPS) is 25.0. The summed E-state index contributed by atoms with van der Waals surface area (Å²) in [6.45, 7) is 1.52. The van der Waals surface area contributed by atoms with Crippen LogP contribution in [0.5, 0.6) is 0 Å². The van der Waals surface area contributed by atoms with Crippen LogP contribution >= 0.6 is 11.3 Å². The van der Waals surface area contributed by atoms with Crippen LogP contribution in [-0.4, -0.2) is 45.0 Å². The number of fused-ring (bicyclic) bond motifs is 1. The van der Waals surface area contributed by atoms with Crippen molar-refractivity contribution in [3.05, 3.63) is 27.6 Å². The first kappa shape index (κ1) is 14.7. The summed E-state index contributed by atoms with van der Waals surface area (Å²) in [7, 11) is 0. The second kappa shape index (κ2) is 4.92. The molecule has 8 heteroatoms. The third kappa shape index (κ3) is 1.95. The minimum absolute atomic E-state index is 0.0650. The Bertz CT molecular complexity index is 721. The molecule has 3 atom stereocenters. The van der Waals surface area contributed by atoms with Crippen LogP contribution in [0.25, 0.3) is 5.57 Å². The summed E-state index contributed by atoms with van der Waals surface area (Å²) in [6.07, 6.45) is -0.477. The first-order valence-corrected chi connectivity index (χ1v) is 7.57. The molecular formula is C14H14N2O5S. The minimum Gasteiger partial charge on any atom is -0.477 e. The van der Waals surface area contributed by atoms with Gasteiger partial charge in [-0.1, -0.05) is 0 Å². The van der Waals surface area contributed by atoms with Crippen LogP contribution in [0.4, 0.5) is 0 Å². The lowest BCUT2D eigenvalue weighted by atomic mass is 9.83. The van der Waals surface area contributed by atoms with Crippen molar-refractivity contribution in [3.8, 4) is 0 Å². The number of hydrogen-bond donors (Lipinski definition) is 3. The number of aliphatic carboxylic acids is 1. The van der Waals surface area contributed by atoms with Crippen molar-refractivity contribution in [1.82, 2.24) is 4.90 Å². The van der Waals surface area contributed by atoms with E-state index in [1.54, 1.807) is 11.4 Å². The van der Waals surface area contributed by atoms with Crippen molar-refractivity contribution in [2.45, 2.75) is 25.5 Å². The monoisotopic (exact) mass is 322 g/mol. The Morgan fingerprint density at radius 2 is 2.18 bits per heavy atom. The zero-order valence-electron chi connectivity index (χ0n) is 11.6. The molecule has 0 aromatic carbocycles. The molecule has 0 bridgehead atoms. The number of thiophene rings is 1. The molecule has 4 N–H and O–H groups in total.